The van der Waals surface area contributed by atoms with Gasteiger partial charge in [-0.15, -0.1) is 21.5 Å². The Labute approximate surface area is 193 Å². The van der Waals surface area contributed by atoms with E-state index >= 15 is 0 Å². The van der Waals surface area contributed by atoms with Crippen LogP contribution in [-0.4, -0.2) is 40.2 Å². The van der Waals surface area contributed by atoms with Crippen LogP contribution in [0, 0.1) is 0 Å². The first-order chi connectivity index (χ1) is 15.7. The lowest BCUT2D eigenvalue weighted by molar-refractivity contribution is -0.113. The average molecular weight is 470 g/mol. The molecule has 2 aromatic heterocycles. The van der Waals surface area contributed by atoms with Crippen molar-refractivity contribution in [1.29, 1.82) is 0 Å². The smallest absolute Gasteiger partial charge is 0.249 e. The van der Waals surface area contributed by atoms with Crippen molar-refractivity contribution in [2.45, 2.75) is 37.0 Å². The number of thioether (sulfide) groups is 1. The summed E-state index contributed by atoms with van der Waals surface area (Å²) in [5.74, 6) is 1.69. The molecule has 1 aromatic carbocycles. The van der Waals surface area contributed by atoms with Gasteiger partial charge in [-0.2, -0.15) is 0 Å². The number of aromatic nitrogens is 3. The van der Waals surface area contributed by atoms with E-state index in [4.69, 9.17) is 4.74 Å². The Morgan fingerprint density at radius 3 is 2.97 bits per heavy atom. The van der Waals surface area contributed by atoms with Crippen LogP contribution in [0.5, 0.6) is 5.75 Å². The lowest BCUT2D eigenvalue weighted by Crippen LogP contribution is -2.39. The summed E-state index contributed by atoms with van der Waals surface area (Å²) >= 11 is 3.26. The van der Waals surface area contributed by atoms with E-state index in [1.165, 1.54) is 45.6 Å². The standard InChI is InChI=1S/C21H23N7O2S2/c1-30-13-8-6-12(7-9-13)24-16(29)10-31-21-26-25-20-27(21)19-17(18-22-11-23-28(18)20)14-4-2-3-5-15(14)32-19/h6-9,18,22-23H,2-5,10-11H2,1H3,(H,24,29). The van der Waals surface area contributed by atoms with Crippen molar-refractivity contribution in [3.63, 3.8) is 0 Å². The summed E-state index contributed by atoms with van der Waals surface area (Å²) in [6.07, 6.45) is 4.82. The minimum absolute atomic E-state index is 0.0796. The number of hydrogen-bond donors (Lipinski definition) is 3. The van der Waals surface area contributed by atoms with E-state index in [-0.39, 0.29) is 17.8 Å². The number of thiophene rings is 1. The first kappa shape index (κ1) is 20.0. The number of carbonyl (C=O) groups is 1. The lowest BCUT2D eigenvalue weighted by atomic mass is 9.94. The van der Waals surface area contributed by atoms with Gasteiger partial charge in [0.2, 0.25) is 11.9 Å². The second-order valence-corrected chi connectivity index (χ2v) is 9.95. The SMILES string of the molecule is COc1ccc(NC(=O)CSc2nnc3n2-c2sc4c(c2C2NCNN32)CCCC4)cc1. The van der Waals surface area contributed by atoms with Crippen LogP contribution in [0.25, 0.3) is 5.00 Å². The number of hydrogen-bond acceptors (Lipinski definition) is 9. The highest BCUT2D eigenvalue weighted by molar-refractivity contribution is 7.99. The molecule has 0 saturated carbocycles. The number of benzene rings is 1. The minimum atomic E-state index is -0.0853. The Morgan fingerprint density at radius 1 is 1.28 bits per heavy atom. The van der Waals surface area contributed by atoms with Gasteiger partial charge in [-0.1, -0.05) is 11.8 Å². The van der Waals surface area contributed by atoms with Gasteiger partial charge in [-0.3, -0.25) is 15.1 Å². The molecule has 9 nitrogen and oxygen atoms in total. The molecule has 1 unspecified atom stereocenters. The van der Waals surface area contributed by atoms with Gasteiger partial charge < -0.3 is 10.1 Å². The number of ether oxygens (including phenoxy) is 1. The molecule has 3 aliphatic rings. The zero-order valence-electron chi connectivity index (χ0n) is 17.6. The van der Waals surface area contributed by atoms with Crippen molar-refractivity contribution in [2.24, 2.45) is 0 Å². The summed E-state index contributed by atoms with van der Waals surface area (Å²) in [4.78, 5) is 14.0. The van der Waals surface area contributed by atoms with Crippen LogP contribution >= 0.6 is 23.1 Å². The van der Waals surface area contributed by atoms with E-state index < -0.39 is 0 Å². The molecular weight excluding hydrogens is 446 g/mol. The predicted molar refractivity (Wildman–Crippen MR) is 125 cm³/mol. The highest BCUT2D eigenvalue weighted by atomic mass is 32.2. The summed E-state index contributed by atoms with van der Waals surface area (Å²) in [6, 6.07) is 7.31. The van der Waals surface area contributed by atoms with E-state index in [0.717, 1.165) is 35.4 Å². The van der Waals surface area contributed by atoms with Crippen molar-refractivity contribution >= 4 is 40.6 Å². The van der Waals surface area contributed by atoms with Crippen molar-refractivity contribution in [3.8, 4) is 10.8 Å². The number of aryl methyl sites for hydroxylation is 1. The number of nitrogens with zero attached hydrogens (tertiary/aromatic N) is 4. The number of nitrogens with one attached hydrogen (secondary N) is 3. The topological polar surface area (TPSA) is 96.3 Å². The zero-order valence-corrected chi connectivity index (χ0v) is 19.2. The fourth-order valence-corrected chi connectivity index (χ4v) is 6.75. The molecule has 166 valence electrons. The van der Waals surface area contributed by atoms with Gasteiger partial charge in [-0.25, -0.2) is 9.99 Å². The van der Waals surface area contributed by atoms with Crippen LogP contribution in [0.3, 0.4) is 0 Å². The molecule has 1 saturated heterocycles. The Hall–Kier alpha value is -2.60. The number of anilines is 2. The molecule has 0 radical (unpaired) electrons. The number of fused-ring (bicyclic) bond motifs is 8. The van der Waals surface area contributed by atoms with Crippen molar-refractivity contribution < 1.29 is 9.53 Å². The van der Waals surface area contributed by atoms with Crippen molar-refractivity contribution in [3.05, 3.63) is 40.3 Å². The monoisotopic (exact) mass is 469 g/mol. The number of rotatable bonds is 5. The highest BCUT2D eigenvalue weighted by Crippen LogP contribution is 2.47. The summed E-state index contributed by atoms with van der Waals surface area (Å²) in [6.45, 7) is 0.689. The normalized spacial score (nSPS) is 18.5. The summed E-state index contributed by atoms with van der Waals surface area (Å²) in [5, 5.41) is 19.4. The Kier molecular flexibility index (Phi) is 5.05. The minimum Gasteiger partial charge on any atom is -0.497 e. The summed E-state index contributed by atoms with van der Waals surface area (Å²) in [5.41, 5.74) is 6.94. The molecule has 1 atom stereocenters. The van der Waals surface area contributed by atoms with Crippen LogP contribution < -0.4 is 25.8 Å². The van der Waals surface area contributed by atoms with Gasteiger partial charge in [0, 0.05) is 16.1 Å². The molecule has 1 aliphatic carbocycles. The molecule has 0 bridgehead atoms. The van der Waals surface area contributed by atoms with E-state index in [1.807, 2.05) is 35.6 Å². The van der Waals surface area contributed by atoms with Gasteiger partial charge in [0.1, 0.15) is 16.9 Å². The molecule has 11 heteroatoms. The van der Waals surface area contributed by atoms with Crippen LogP contribution in [0.2, 0.25) is 0 Å². The predicted octanol–water partition coefficient (Wildman–Crippen LogP) is 2.83. The number of carbonyl (C=O) groups excluding carboxylic acids is 1. The second-order valence-electron chi connectivity index (χ2n) is 7.92. The van der Waals surface area contributed by atoms with E-state index in [1.54, 1.807) is 7.11 Å². The van der Waals surface area contributed by atoms with Gasteiger partial charge in [0.25, 0.3) is 0 Å². The van der Waals surface area contributed by atoms with Crippen molar-refractivity contribution in [2.75, 3.05) is 29.9 Å². The maximum Gasteiger partial charge on any atom is 0.249 e. The van der Waals surface area contributed by atoms with Gasteiger partial charge in [0.05, 0.1) is 19.5 Å². The molecule has 2 aliphatic heterocycles. The largest absolute Gasteiger partial charge is 0.497 e. The third-order valence-electron chi connectivity index (χ3n) is 6.01. The maximum absolute atomic E-state index is 12.6. The van der Waals surface area contributed by atoms with E-state index in [2.05, 4.69) is 35.8 Å². The first-order valence-corrected chi connectivity index (χ1v) is 12.5. The zero-order chi connectivity index (χ0) is 21.7. The van der Waals surface area contributed by atoms with Crippen LogP contribution in [0.4, 0.5) is 11.6 Å². The second kappa shape index (κ2) is 8.07. The molecule has 32 heavy (non-hydrogen) atoms. The molecule has 0 spiro atoms. The Bertz CT molecular complexity index is 1170. The number of hydrazine groups is 1. The third kappa shape index (κ3) is 3.27. The maximum atomic E-state index is 12.6. The van der Waals surface area contributed by atoms with Gasteiger partial charge in [0.15, 0.2) is 5.16 Å². The van der Waals surface area contributed by atoms with Crippen molar-refractivity contribution in [1.82, 2.24) is 25.5 Å². The van der Waals surface area contributed by atoms with Gasteiger partial charge >= 0.3 is 0 Å². The fraction of sp³-hybridized carbons (Fsp3) is 0.381. The van der Waals surface area contributed by atoms with Crippen LogP contribution in [-0.2, 0) is 17.6 Å². The van der Waals surface area contributed by atoms with Crippen LogP contribution in [0.15, 0.2) is 29.4 Å². The molecular formula is C21H23N7O2S2. The lowest BCUT2D eigenvalue weighted by Gasteiger charge is -2.31. The van der Waals surface area contributed by atoms with E-state index in [9.17, 15) is 4.79 Å². The molecule has 4 heterocycles. The molecule has 1 amide bonds. The molecule has 1 fully saturated rings. The quantitative estimate of drug-likeness (QED) is 0.491. The number of methoxy groups -OCH3 is 1. The van der Waals surface area contributed by atoms with E-state index in [0.29, 0.717) is 6.67 Å². The fourth-order valence-electron chi connectivity index (χ4n) is 4.54. The summed E-state index contributed by atoms with van der Waals surface area (Å²) < 4.78 is 7.28. The van der Waals surface area contributed by atoms with Gasteiger partial charge in [-0.05, 0) is 55.5 Å². The molecule has 6 rings (SSSR count). The average Bonchev–Trinajstić information content (AvgIpc) is 3.53. The van der Waals surface area contributed by atoms with Crippen LogP contribution in [0.1, 0.15) is 35.0 Å². The summed E-state index contributed by atoms with van der Waals surface area (Å²) in [7, 11) is 1.62. The molecule has 3 aromatic rings. The number of amides is 1. The Balaban J connectivity index is 1.26. The third-order valence-corrected chi connectivity index (χ3v) is 8.23. The Morgan fingerprint density at radius 2 is 2.12 bits per heavy atom. The highest BCUT2D eigenvalue weighted by Gasteiger charge is 2.41. The first-order valence-electron chi connectivity index (χ1n) is 10.7. The molecule has 3 N–H and O–H groups in total.